The maximum Gasteiger partial charge on any atom is 0.0663 e. The van der Waals surface area contributed by atoms with Gasteiger partial charge in [-0.3, -0.25) is 0 Å². The number of hydrogen-bond donors (Lipinski definition) is 0. The highest BCUT2D eigenvalue weighted by molar-refractivity contribution is 5.17. The van der Waals surface area contributed by atoms with Crippen molar-refractivity contribution in [3.63, 3.8) is 0 Å². The first kappa shape index (κ1) is 8.55. The molecule has 1 rings (SSSR count). The molecule has 0 fully saturated rings. The van der Waals surface area contributed by atoms with Crippen molar-refractivity contribution in [3.05, 3.63) is 48.0 Å². The van der Waals surface area contributed by atoms with Gasteiger partial charge in [0.25, 0.3) is 0 Å². The van der Waals surface area contributed by atoms with Crippen LogP contribution in [0.3, 0.4) is 0 Å². The number of nitriles is 1. The van der Waals surface area contributed by atoms with E-state index in [1.54, 1.807) is 0 Å². The number of allylic oxidation sites excluding steroid dienone is 2. The van der Waals surface area contributed by atoms with Gasteiger partial charge in [-0.15, -0.1) is 0 Å². The van der Waals surface area contributed by atoms with E-state index in [4.69, 9.17) is 5.26 Å². The van der Waals surface area contributed by atoms with Gasteiger partial charge in [0.15, 0.2) is 0 Å². The summed E-state index contributed by atoms with van der Waals surface area (Å²) in [5.74, 6) is 0. The molecule has 0 aromatic heterocycles. The van der Waals surface area contributed by atoms with Crippen LogP contribution in [-0.2, 0) is 6.42 Å². The highest BCUT2D eigenvalue weighted by Crippen LogP contribution is 2.00. The van der Waals surface area contributed by atoms with Crippen LogP contribution in [-0.4, -0.2) is 0 Å². The fourth-order valence-electron chi connectivity index (χ4n) is 0.970. The standard InChI is InChI=1S/C11H11N/c12-10-6-2-5-9-11-7-3-1-4-8-11/h1-5,7-8H,6,9H2. The minimum absolute atomic E-state index is 0.507. The van der Waals surface area contributed by atoms with Crippen LogP contribution >= 0.6 is 0 Å². The van der Waals surface area contributed by atoms with Gasteiger partial charge in [-0.1, -0.05) is 42.5 Å². The predicted molar refractivity (Wildman–Crippen MR) is 49.5 cm³/mol. The van der Waals surface area contributed by atoms with Gasteiger partial charge < -0.3 is 0 Å². The fraction of sp³-hybridized carbons (Fsp3) is 0.182. The molecule has 1 aromatic carbocycles. The molecule has 0 heterocycles. The second kappa shape index (κ2) is 5.15. The van der Waals surface area contributed by atoms with E-state index in [1.165, 1.54) is 5.56 Å². The molecule has 0 aliphatic heterocycles. The maximum absolute atomic E-state index is 8.26. The van der Waals surface area contributed by atoms with Gasteiger partial charge in [0.1, 0.15) is 0 Å². The lowest BCUT2D eigenvalue weighted by molar-refractivity contribution is 1.24. The SMILES string of the molecule is N#CCC=CCc1ccccc1. The molecule has 0 unspecified atom stereocenters. The average molecular weight is 157 g/mol. The third-order valence-corrected chi connectivity index (χ3v) is 1.57. The first-order valence-corrected chi connectivity index (χ1v) is 3.99. The van der Waals surface area contributed by atoms with Gasteiger partial charge in [0.2, 0.25) is 0 Å². The van der Waals surface area contributed by atoms with Crippen molar-refractivity contribution in [3.8, 4) is 6.07 Å². The molecule has 0 radical (unpaired) electrons. The van der Waals surface area contributed by atoms with Crippen LogP contribution in [0.1, 0.15) is 12.0 Å². The average Bonchev–Trinajstić information content (AvgIpc) is 2.14. The summed E-state index contributed by atoms with van der Waals surface area (Å²) in [5.41, 5.74) is 1.28. The molecule has 60 valence electrons. The Balaban J connectivity index is 2.39. The Labute approximate surface area is 73.0 Å². The summed E-state index contributed by atoms with van der Waals surface area (Å²) < 4.78 is 0. The molecule has 0 saturated carbocycles. The summed E-state index contributed by atoms with van der Waals surface area (Å²) in [7, 11) is 0. The third-order valence-electron chi connectivity index (χ3n) is 1.57. The maximum atomic E-state index is 8.26. The highest BCUT2D eigenvalue weighted by atomic mass is 14.2. The molecular weight excluding hydrogens is 146 g/mol. The molecule has 0 amide bonds. The largest absolute Gasteiger partial charge is 0.198 e. The monoisotopic (exact) mass is 157 g/mol. The molecule has 12 heavy (non-hydrogen) atoms. The van der Waals surface area contributed by atoms with Gasteiger partial charge in [-0.25, -0.2) is 0 Å². The van der Waals surface area contributed by atoms with E-state index in [-0.39, 0.29) is 0 Å². The van der Waals surface area contributed by atoms with E-state index < -0.39 is 0 Å². The number of rotatable bonds is 3. The van der Waals surface area contributed by atoms with Crippen molar-refractivity contribution in [1.82, 2.24) is 0 Å². The van der Waals surface area contributed by atoms with Crippen LogP contribution in [0.15, 0.2) is 42.5 Å². The molecular formula is C11H11N. The summed E-state index contributed by atoms with van der Waals surface area (Å²) in [4.78, 5) is 0. The molecule has 0 aliphatic rings. The van der Waals surface area contributed by atoms with Crippen LogP contribution in [0.25, 0.3) is 0 Å². The second-order valence-electron chi connectivity index (χ2n) is 2.52. The van der Waals surface area contributed by atoms with Crippen molar-refractivity contribution in [2.75, 3.05) is 0 Å². The Kier molecular flexibility index (Phi) is 3.67. The summed E-state index contributed by atoms with van der Waals surface area (Å²) in [5, 5.41) is 8.26. The molecule has 1 heteroatoms. The molecule has 0 atom stereocenters. The molecule has 1 nitrogen and oxygen atoms in total. The highest BCUT2D eigenvalue weighted by Gasteiger charge is 1.84. The van der Waals surface area contributed by atoms with E-state index in [9.17, 15) is 0 Å². The molecule has 1 aromatic rings. The summed E-state index contributed by atoms with van der Waals surface area (Å²) >= 11 is 0. The van der Waals surface area contributed by atoms with Crippen LogP contribution < -0.4 is 0 Å². The lowest BCUT2D eigenvalue weighted by atomic mass is 10.1. The van der Waals surface area contributed by atoms with Crippen LogP contribution in [0.2, 0.25) is 0 Å². The minimum Gasteiger partial charge on any atom is -0.198 e. The number of benzene rings is 1. The first-order valence-electron chi connectivity index (χ1n) is 3.99. The van der Waals surface area contributed by atoms with Crippen LogP contribution in [0.5, 0.6) is 0 Å². The van der Waals surface area contributed by atoms with E-state index in [2.05, 4.69) is 18.2 Å². The summed E-state index contributed by atoms with van der Waals surface area (Å²) in [6, 6.07) is 12.3. The Morgan fingerprint density at radius 1 is 1.17 bits per heavy atom. The zero-order valence-corrected chi connectivity index (χ0v) is 6.90. The number of nitrogens with zero attached hydrogens (tertiary/aromatic N) is 1. The predicted octanol–water partition coefficient (Wildman–Crippen LogP) is 2.70. The molecule has 0 N–H and O–H groups in total. The van der Waals surface area contributed by atoms with Gasteiger partial charge in [-0.05, 0) is 12.0 Å². The van der Waals surface area contributed by atoms with Crippen molar-refractivity contribution < 1.29 is 0 Å². The molecule has 0 aliphatic carbocycles. The van der Waals surface area contributed by atoms with Gasteiger partial charge in [0, 0.05) is 0 Å². The van der Waals surface area contributed by atoms with Crippen LogP contribution in [0, 0.1) is 11.3 Å². The topological polar surface area (TPSA) is 23.8 Å². The van der Waals surface area contributed by atoms with E-state index in [0.29, 0.717) is 6.42 Å². The quantitative estimate of drug-likeness (QED) is 0.619. The van der Waals surface area contributed by atoms with Gasteiger partial charge >= 0.3 is 0 Å². The molecule has 0 bridgehead atoms. The fourth-order valence-corrected chi connectivity index (χ4v) is 0.970. The Hall–Kier alpha value is -1.55. The second-order valence-corrected chi connectivity index (χ2v) is 2.52. The lowest BCUT2D eigenvalue weighted by Gasteiger charge is -1.92. The molecule has 0 spiro atoms. The van der Waals surface area contributed by atoms with Crippen molar-refractivity contribution in [2.24, 2.45) is 0 Å². The van der Waals surface area contributed by atoms with E-state index in [0.717, 1.165) is 6.42 Å². The Morgan fingerprint density at radius 3 is 2.58 bits per heavy atom. The normalized spacial score (nSPS) is 9.92. The smallest absolute Gasteiger partial charge is 0.0663 e. The number of hydrogen-bond acceptors (Lipinski definition) is 1. The zero-order valence-electron chi connectivity index (χ0n) is 6.90. The first-order chi connectivity index (χ1) is 5.93. The van der Waals surface area contributed by atoms with Crippen molar-refractivity contribution >= 4 is 0 Å². The van der Waals surface area contributed by atoms with Crippen LogP contribution in [0.4, 0.5) is 0 Å². The Bertz CT molecular complexity index is 280. The van der Waals surface area contributed by atoms with Crippen molar-refractivity contribution in [2.45, 2.75) is 12.8 Å². The van der Waals surface area contributed by atoms with Gasteiger partial charge in [0.05, 0.1) is 12.5 Å². The minimum atomic E-state index is 0.507. The Morgan fingerprint density at radius 2 is 1.92 bits per heavy atom. The molecule has 0 saturated heterocycles. The van der Waals surface area contributed by atoms with Crippen molar-refractivity contribution in [1.29, 1.82) is 5.26 Å². The van der Waals surface area contributed by atoms with E-state index in [1.807, 2.05) is 30.4 Å². The summed E-state index contributed by atoms with van der Waals surface area (Å²) in [6.45, 7) is 0. The van der Waals surface area contributed by atoms with Gasteiger partial charge in [-0.2, -0.15) is 5.26 Å². The lowest BCUT2D eigenvalue weighted by Crippen LogP contribution is -1.77. The third kappa shape index (κ3) is 3.03. The summed E-state index contributed by atoms with van der Waals surface area (Å²) in [6.07, 6.45) is 5.35. The van der Waals surface area contributed by atoms with E-state index >= 15 is 0 Å². The zero-order chi connectivity index (χ0) is 8.65.